The van der Waals surface area contributed by atoms with E-state index in [1.807, 2.05) is 36.4 Å². The Morgan fingerprint density at radius 1 is 0.711 bits per heavy atom. The third-order valence-corrected chi connectivity index (χ3v) is 7.34. The topological polar surface area (TPSA) is 22.2 Å². The molecule has 0 fully saturated rings. The third kappa shape index (κ3) is 4.43. The van der Waals surface area contributed by atoms with Crippen LogP contribution in [0, 0.1) is 5.82 Å². The minimum Gasteiger partial charge on any atom is -0.457 e. The van der Waals surface area contributed by atoms with Crippen LogP contribution in [-0.2, 0) is 5.54 Å². The van der Waals surface area contributed by atoms with Crippen LogP contribution in [0.15, 0.2) is 109 Å². The van der Waals surface area contributed by atoms with Crippen molar-refractivity contribution in [2.75, 3.05) is 35.1 Å². The van der Waals surface area contributed by atoms with E-state index in [1.54, 1.807) is 0 Å². The Bertz CT molecular complexity index is 1480. The van der Waals surface area contributed by atoms with E-state index in [1.165, 1.54) is 17.7 Å². The molecular formula is C32H31FN4O. The minimum absolute atomic E-state index is 0.234. The summed E-state index contributed by atoms with van der Waals surface area (Å²) in [5.41, 5.74) is 5.16. The fourth-order valence-corrected chi connectivity index (χ4v) is 5.29. The van der Waals surface area contributed by atoms with Crippen LogP contribution in [0.2, 0.25) is 0 Å². The first-order valence-corrected chi connectivity index (χ1v) is 12.8. The predicted molar refractivity (Wildman–Crippen MR) is 153 cm³/mol. The molecule has 0 aromatic heterocycles. The number of rotatable bonds is 5. The van der Waals surface area contributed by atoms with Crippen LogP contribution in [-0.4, -0.2) is 25.3 Å². The fourth-order valence-electron chi connectivity index (χ4n) is 5.29. The van der Waals surface area contributed by atoms with Crippen LogP contribution < -0.4 is 19.4 Å². The van der Waals surface area contributed by atoms with Crippen molar-refractivity contribution in [2.24, 2.45) is 0 Å². The maximum Gasteiger partial charge on any atom is 0.129 e. The Balaban J connectivity index is 1.32. The van der Waals surface area contributed by atoms with E-state index in [0.717, 1.165) is 40.9 Å². The Labute approximate surface area is 223 Å². The molecule has 0 saturated heterocycles. The van der Waals surface area contributed by atoms with E-state index in [9.17, 15) is 4.39 Å². The number of para-hydroxylation sites is 1. The second-order valence-electron chi connectivity index (χ2n) is 10.3. The molecule has 0 spiro atoms. The van der Waals surface area contributed by atoms with E-state index in [2.05, 4.69) is 101 Å². The van der Waals surface area contributed by atoms with Crippen LogP contribution in [0.5, 0.6) is 11.5 Å². The van der Waals surface area contributed by atoms with Gasteiger partial charge in [-0.3, -0.25) is 0 Å². The van der Waals surface area contributed by atoms with Gasteiger partial charge in [0.1, 0.15) is 17.3 Å². The van der Waals surface area contributed by atoms with Gasteiger partial charge in [0.05, 0.1) is 18.9 Å². The van der Waals surface area contributed by atoms with Crippen molar-refractivity contribution in [1.29, 1.82) is 0 Å². The minimum atomic E-state index is -0.280. The molecule has 38 heavy (non-hydrogen) atoms. The molecule has 2 aliphatic rings. The maximum atomic E-state index is 13.7. The van der Waals surface area contributed by atoms with E-state index in [4.69, 9.17) is 4.74 Å². The highest BCUT2D eigenvalue weighted by Crippen LogP contribution is 2.45. The zero-order chi connectivity index (χ0) is 26.3. The lowest BCUT2D eigenvalue weighted by atomic mass is 9.87. The first-order valence-electron chi connectivity index (χ1n) is 12.8. The second-order valence-corrected chi connectivity index (χ2v) is 10.3. The third-order valence-electron chi connectivity index (χ3n) is 7.34. The van der Waals surface area contributed by atoms with Crippen LogP contribution in [0.4, 0.5) is 27.1 Å². The van der Waals surface area contributed by atoms with Gasteiger partial charge >= 0.3 is 0 Å². The Kier molecular flexibility index (Phi) is 5.95. The van der Waals surface area contributed by atoms with Gasteiger partial charge in [-0.25, -0.2) is 4.39 Å². The first-order chi connectivity index (χ1) is 18.4. The molecule has 6 heteroatoms. The molecule has 192 valence electrons. The van der Waals surface area contributed by atoms with Crippen molar-refractivity contribution in [1.82, 2.24) is 4.90 Å². The summed E-state index contributed by atoms with van der Waals surface area (Å²) in [4.78, 5) is 8.91. The van der Waals surface area contributed by atoms with Gasteiger partial charge in [-0.1, -0.05) is 30.3 Å². The largest absolute Gasteiger partial charge is 0.457 e. The van der Waals surface area contributed by atoms with Gasteiger partial charge in [0.2, 0.25) is 0 Å². The number of fused-ring (bicyclic) bond motifs is 1. The number of hydrogen-bond acceptors (Lipinski definition) is 5. The van der Waals surface area contributed by atoms with Gasteiger partial charge in [0.15, 0.2) is 0 Å². The number of benzene rings is 4. The molecule has 4 aromatic carbocycles. The van der Waals surface area contributed by atoms with Crippen molar-refractivity contribution < 1.29 is 9.13 Å². The zero-order valence-electron chi connectivity index (χ0n) is 21.9. The molecule has 0 radical (unpaired) electrons. The molecule has 0 aliphatic carbocycles. The molecule has 2 heterocycles. The molecule has 0 amide bonds. The molecule has 5 nitrogen and oxygen atoms in total. The average Bonchev–Trinajstić information content (AvgIpc) is 3.36. The first kappa shape index (κ1) is 23.9. The number of hydrogen-bond donors (Lipinski definition) is 0. The van der Waals surface area contributed by atoms with E-state index in [0.29, 0.717) is 6.67 Å². The molecule has 0 bridgehead atoms. The SMILES string of the molecule is CN1C=CN(c2cccc(Oc3cccc(N4CN(c5ccc(F)cc5)C(C)(C)c5ccccc54)c3)c2)C1. The van der Waals surface area contributed by atoms with Gasteiger partial charge in [0.25, 0.3) is 0 Å². The van der Waals surface area contributed by atoms with Crippen molar-refractivity contribution >= 4 is 22.7 Å². The van der Waals surface area contributed by atoms with Crippen LogP contribution in [0.25, 0.3) is 0 Å². The summed E-state index contributed by atoms with van der Waals surface area (Å²) >= 11 is 0. The van der Waals surface area contributed by atoms with Gasteiger partial charge in [-0.05, 0) is 68.4 Å². The smallest absolute Gasteiger partial charge is 0.129 e. The van der Waals surface area contributed by atoms with Crippen LogP contribution >= 0.6 is 0 Å². The molecular weight excluding hydrogens is 475 g/mol. The molecule has 0 atom stereocenters. The normalized spacial score (nSPS) is 16.1. The summed E-state index contributed by atoms with van der Waals surface area (Å²) in [5, 5.41) is 0. The van der Waals surface area contributed by atoms with Crippen molar-refractivity contribution in [2.45, 2.75) is 19.4 Å². The van der Waals surface area contributed by atoms with Crippen LogP contribution in [0.3, 0.4) is 0 Å². The van der Waals surface area contributed by atoms with Gasteiger partial charge < -0.3 is 24.3 Å². The summed E-state index contributed by atoms with van der Waals surface area (Å²) in [6, 6.07) is 31.6. The molecule has 0 N–H and O–H groups in total. The summed E-state index contributed by atoms with van der Waals surface area (Å²) in [5.74, 6) is 1.32. The van der Waals surface area contributed by atoms with Gasteiger partial charge in [-0.2, -0.15) is 0 Å². The number of nitrogens with zero attached hydrogens (tertiary/aromatic N) is 4. The van der Waals surface area contributed by atoms with Crippen molar-refractivity contribution in [3.8, 4) is 11.5 Å². The monoisotopic (exact) mass is 506 g/mol. The Morgan fingerprint density at radius 3 is 2.11 bits per heavy atom. The number of ether oxygens (including phenoxy) is 1. The lowest BCUT2D eigenvalue weighted by Crippen LogP contribution is -2.51. The summed E-state index contributed by atoms with van der Waals surface area (Å²) in [6.45, 7) is 5.86. The number of anilines is 4. The highest BCUT2D eigenvalue weighted by Gasteiger charge is 2.38. The molecule has 0 unspecified atom stereocenters. The van der Waals surface area contributed by atoms with Crippen LogP contribution in [0.1, 0.15) is 19.4 Å². The van der Waals surface area contributed by atoms with Crippen molar-refractivity contribution in [3.05, 3.63) is 121 Å². The lowest BCUT2D eigenvalue weighted by molar-refractivity contribution is 0.464. The standard InChI is InChI=1S/C32H31FN4O/c1-32(2)30-12-4-5-13-31(30)36(23-37(32)25-16-14-24(33)15-17-25)27-9-7-11-29(21-27)38-28-10-6-8-26(20-28)35-19-18-34(3)22-35/h4-21H,22-23H2,1-3H3. The highest BCUT2D eigenvalue weighted by molar-refractivity contribution is 5.74. The molecule has 0 saturated carbocycles. The average molecular weight is 507 g/mol. The Hall–Kier alpha value is -4.45. The summed E-state index contributed by atoms with van der Waals surface area (Å²) < 4.78 is 20.1. The highest BCUT2D eigenvalue weighted by atomic mass is 19.1. The number of halogens is 1. The molecule has 4 aromatic rings. The fraction of sp³-hybridized carbons (Fsp3) is 0.188. The summed E-state index contributed by atoms with van der Waals surface area (Å²) in [7, 11) is 2.05. The zero-order valence-corrected chi connectivity index (χ0v) is 21.9. The summed E-state index contributed by atoms with van der Waals surface area (Å²) in [6.07, 6.45) is 4.13. The van der Waals surface area contributed by atoms with E-state index in [-0.39, 0.29) is 11.4 Å². The van der Waals surface area contributed by atoms with E-state index < -0.39 is 0 Å². The lowest BCUT2D eigenvalue weighted by Gasteiger charge is -2.50. The Morgan fingerprint density at radius 2 is 1.39 bits per heavy atom. The molecule has 6 rings (SSSR count). The van der Waals surface area contributed by atoms with E-state index >= 15 is 0 Å². The second kappa shape index (κ2) is 9.45. The molecule has 2 aliphatic heterocycles. The quantitative estimate of drug-likeness (QED) is 0.276. The van der Waals surface area contributed by atoms with Gasteiger partial charge in [0, 0.05) is 59.9 Å². The maximum absolute atomic E-state index is 13.7. The predicted octanol–water partition coefficient (Wildman–Crippen LogP) is 7.65. The van der Waals surface area contributed by atoms with Gasteiger partial charge in [-0.15, -0.1) is 0 Å². The van der Waals surface area contributed by atoms with Crippen molar-refractivity contribution in [3.63, 3.8) is 0 Å².